The third-order valence-corrected chi connectivity index (χ3v) is 8.24. The molecule has 2 amide bonds. The smallest absolute Gasteiger partial charge is 0.248 e. The number of carbonyl (C=O) groups is 2. The Morgan fingerprint density at radius 1 is 1.00 bits per heavy atom. The summed E-state index contributed by atoms with van der Waals surface area (Å²) in [4.78, 5) is 32.3. The van der Waals surface area contributed by atoms with Crippen molar-refractivity contribution in [2.45, 2.75) is 32.0 Å². The third-order valence-electron chi connectivity index (χ3n) is 6.95. The topological polar surface area (TPSA) is 52.7 Å². The van der Waals surface area contributed by atoms with Gasteiger partial charge in [0, 0.05) is 48.2 Å². The van der Waals surface area contributed by atoms with E-state index >= 15 is 0 Å². The van der Waals surface area contributed by atoms with Crippen LogP contribution in [-0.2, 0) is 29.1 Å². The molecule has 1 N–H and O–H groups in total. The lowest BCUT2D eigenvalue weighted by Gasteiger charge is -2.32. The summed E-state index contributed by atoms with van der Waals surface area (Å²) < 4.78 is 13.4. The number of benzene rings is 3. The van der Waals surface area contributed by atoms with Crippen LogP contribution < -0.4 is 10.2 Å². The number of nitrogens with zero attached hydrogens (tertiary/aromatic N) is 2. The summed E-state index contributed by atoms with van der Waals surface area (Å²) in [6.45, 7) is 1.84. The van der Waals surface area contributed by atoms with Gasteiger partial charge in [0.05, 0.1) is 0 Å². The zero-order valence-corrected chi connectivity index (χ0v) is 22.9. The molecular weight excluding hydrogens is 533 g/mol. The minimum absolute atomic E-state index is 0.130. The summed E-state index contributed by atoms with van der Waals surface area (Å²) in [5, 5.41) is 5.40. The van der Waals surface area contributed by atoms with Crippen LogP contribution in [0.5, 0.6) is 0 Å². The predicted molar refractivity (Wildman–Crippen MR) is 154 cm³/mol. The molecule has 0 saturated heterocycles. The van der Waals surface area contributed by atoms with Crippen LogP contribution in [-0.4, -0.2) is 29.8 Å². The number of anilines is 1. The average Bonchev–Trinajstić information content (AvgIpc) is 3.63. The number of para-hydroxylation sites is 1. The Kier molecular flexibility index (Phi) is 8.59. The predicted octanol–water partition coefficient (Wildman–Crippen LogP) is 6.38. The van der Waals surface area contributed by atoms with Gasteiger partial charge in [-0.15, -0.1) is 11.3 Å². The lowest BCUT2D eigenvalue weighted by atomic mass is 10.1. The number of hydrogen-bond acceptors (Lipinski definition) is 4. The highest BCUT2D eigenvalue weighted by molar-refractivity contribution is 7.10. The number of amides is 2. The van der Waals surface area contributed by atoms with Crippen LogP contribution in [0.3, 0.4) is 0 Å². The molecule has 5 nitrogen and oxygen atoms in total. The number of thiophene rings is 1. The number of halogens is 2. The van der Waals surface area contributed by atoms with E-state index in [-0.39, 0.29) is 37.1 Å². The van der Waals surface area contributed by atoms with Crippen molar-refractivity contribution in [1.29, 1.82) is 0 Å². The van der Waals surface area contributed by atoms with Gasteiger partial charge in [0.1, 0.15) is 11.9 Å². The van der Waals surface area contributed by atoms with Gasteiger partial charge in [-0.1, -0.05) is 66.2 Å². The maximum Gasteiger partial charge on any atom is 0.248 e. The largest absolute Gasteiger partial charge is 0.370 e. The van der Waals surface area contributed by atoms with Crippen LogP contribution in [0.2, 0.25) is 5.02 Å². The second kappa shape index (κ2) is 12.5. The molecule has 8 heteroatoms. The number of rotatable bonds is 10. The van der Waals surface area contributed by atoms with Gasteiger partial charge in [0.15, 0.2) is 0 Å². The molecule has 1 aliphatic rings. The summed E-state index contributed by atoms with van der Waals surface area (Å²) in [5.41, 5.74) is 3.99. The Hall–Kier alpha value is -3.68. The zero-order valence-electron chi connectivity index (χ0n) is 21.4. The molecule has 1 atom stereocenters. The van der Waals surface area contributed by atoms with Crippen LogP contribution in [0, 0.1) is 5.82 Å². The minimum atomic E-state index is -0.833. The van der Waals surface area contributed by atoms with E-state index in [4.69, 9.17) is 11.6 Å². The Balaban J connectivity index is 1.39. The molecule has 0 spiro atoms. The van der Waals surface area contributed by atoms with E-state index in [0.717, 1.165) is 34.7 Å². The van der Waals surface area contributed by atoms with Crippen LogP contribution in [0.25, 0.3) is 0 Å². The molecule has 39 heavy (non-hydrogen) atoms. The number of nitrogens with one attached hydrogen (secondary N) is 1. The molecule has 1 aliphatic heterocycles. The highest BCUT2D eigenvalue weighted by Crippen LogP contribution is 2.31. The third kappa shape index (κ3) is 6.49. The molecule has 4 aromatic rings. The van der Waals surface area contributed by atoms with Gasteiger partial charge >= 0.3 is 0 Å². The fraction of sp³-hybridized carbons (Fsp3) is 0.226. The summed E-state index contributed by atoms with van der Waals surface area (Å²) in [6.07, 6.45) is 1.21. The van der Waals surface area contributed by atoms with E-state index in [2.05, 4.69) is 22.3 Å². The monoisotopic (exact) mass is 561 g/mol. The van der Waals surface area contributed by atoms with Gasteiger partial charge in [0.2, 0.25) is 11.8 Å². The molecule has 0 aliphatic carbocycles. The average molecular weight is 562 g/mol. The van der Waals surface area contributed by atoms with E-state index in [0.29, 0.717) is 11.6 Å². The van der Waals surface area contributed by atoms with Gasteiger partial charge in [-0.25, -0.2) is 4.39 Å². The molecule has 0 bridgehead atoms. The van der Waals surface area contributed by atoms with Gasteiger partial charge in [0.25, 0.3) is 0 Å². The van der Waals surface area contributed by atoms with Crippen molar-refractivity contribution >= 4 is 40.4 Å². The quantitative estimate of drug-likeness (QED) is 0.244. The Morgan fingerprint density at radius 2 is 1.77 bits per heavy atom. The molecule has 200 valence electrons. The summed E-state index contributed by atoms with van der Waals surface area (Å²) >= 11 is 7.93. The number of carbonyl (C=O) groups excluding carboxylic acids is 2. The summed E-state index contributed by atoms with van der Waals surface area (Å²) in [5.74, 6) is -0.762. The lowest BCUT2D eigenvalue weighted by Crippen LogP contribution is -2.43. The SMILES string of the molecule is O=C(NCc1ccc(F)cc1)[C@H](c1cccs1)N(Cc1ccccc1Cl)C(=O)CCN1CCc2ccccc21. The molecular formula is C31H29ClFN3O2S. The molecule has 0 unspecified atom stereocenters. The standard InChI is InChI=1S/C31H29ClFN3O2S/c32-26-8-3-1-7-24(26)21-36(29(37)16-18-35-17-15-23-6-2-4-9-27(23)35)30(28-10-5-19-39-28)31(38)34-20-22-11-13-25(33)14-12-22/h1-14,19,30H,15-18,20-21H2,(H,34,38)/t30-/m0/s1. The van der Waals surface area contributed by atoms with Crippen LogP contribution in [0.15, 0.2) is 90.3 Å². The maximum absolute atomic E-state index is 13.9. The molecule has 1 aromatic heterocycles. The van der Waals surface area contributed by atoms with Crippen molar-refractivity contribution in [3.05, 3.63) is 123 Å². The Labute approximate surface area is 236 Å². The van der Waals surface area contributed by atoms with E-state index in [1.54, 1.807) is 23.1 Å². The summed E-state index contributed by atoms with van der Waals surface area (Å²) in [7, 11) is 0. The molecule has 3 aromatic carbocycles. The Morgan fingerprint density at radius 3 is 2.54 bits per heavy atom. The van der Waals surface area contributed by atoms with Gasteiger partial charge in [-0.05, 0) is 58.8 Å². The molecule has 2 heterocycles. The van der Waals surface area contributed by atoms with E-state index < -0.39 is 6.04 Å². The van der Waals surface area contributed by atoms with Crippen molar-refractivity contribution in [2.75, 3.05) is 18.0 Å². The van der Waals surface area contributed by atoms with E-state index in [1.165, 1.54) is 29.0 Å². The first kappa shape index (κ1) is 26.9. The number of fused-ring (bicyclic) bond motifs is 1. The zero-order chi connectivity index (χ0) is 27.2. The lowest BCUT2D eigenvalue weighted by molar-refractivity contribution is -0.141. The van der Waals surface area contributed by atoms with Crippen molar-refractivity contribution < 1.29 is 14.0 Å². The normalized spacial score (nSPS) is 13.1. The van der Waals surface area contributed by atoms with Gasteiger partial charge in [-0.3, -0.25) is 9.59 Å². The van der Waals surface area contributed by atoms with Crippen molar-refractivity contribution in [3.63, 3.8) is 0 Å². The molecule has 5 rings (SSSR count). The first-order valence-corrected chi connectivity index (χ1v) is 14.2. The van der Waals surface area contributed by atoms with Crippen molar-refractivity contribution in [2.24, 2.45) is 0 Å². The second-order valence-corrected chi connectivity index (χ2v) is 10.9. The first-order valence-electron chi connectivity index (χ1n) is 12.9. The molecule has 0 fully saturated rings. The van der Waals surface area contributed by atoms with Crippen molar-refractivity contribution in [1.82, 2.24) is 10.2 Å². The fourth-order valence-corrected chi connectivity index (χ4v) is 5.94. The molecule has 0 saturated carbocycles. The summed E-state index contributed by atoms with van der Waals surface area (Å²) in [6, 6.07) is 24.6. The van der Waals surface area contributed by atoms with Crippen LogP contribution >= 0.6 is 22.9 Å². The first-order chi connectivity index (χ1) is 19.0. The highest BCUT2D eigenvalue weighted by atomic mass is 35.5. The highest BCUT2D eigenvalue weighted by Gasteiger charge is 2.33. The van der Waals surface area contributed by atoms with Gasteiger partial charge in [-0.2, -0.15) is 0 Å². The van der Waals surface area contributed by atoms with Crippen LogP contribution in [0.1, 0.15) is 34.0 Å². The van der Waals surface area contributed by atoms with E-state index in [1.807, 2.05) is 47.8 Å². The van der Waals surface area contributed by atoms with Gasteiger partial charge < -0.3 is 15.1 Å². The minimum Gasteiger partial charge on any atom is -0.370 e. The van der Waals surface area contributed by atoms with Crippen LogP contribution in [0.4, 0.5) is 10.1 Å². The number of hydrogen-bond donors (Lipinski definition) is 1. The Bertz CT molecular complexity index is 1430. The maximum atomic E-state index is 13.9. The van der Waals surface area contributed by atoms with E-state index in [9.17, 15) is 14.0 Å². The van der Waals surface area contributed by atoms with Crippen molar-refractivity contribution in [3.8, 4) is 0 Å². The molecule has 0 radical (unpaired) electrons. The fourth-order valence-electron chi connectivity index (χ4n) is 4.91. The second-order valence-electron chi connectivity index (χ2n) is 9.49.